The monoisotopic (exact) mass is 456 g/mol. The van der Waals surface area contributed by atoms with Crippen LogP contribution in [0.25, 0.3) is 0 Å². The second-order valence-electron chi connectivity index (χ2n) is 13.2. The highest BCUT2D eigenvalue weighted by molar-refractivity contribution is 5.89. The molecular weight excluding hydrogens is 412 g/mol. The predicted octanol–water partition coefficient (Wildman–Crippen LogP) is 5.82. The van der Waals surface area contributed by atoms with Gasteiger partial charge < -0.3 is 14.6 Å². The molecule has 5 fully saturated rings. The first-order valence-electron chi connectivity index (χ1n) is 13.9. The number of cyclic esters (lactones) is 1. The Labute approximate surface area is 199 Å². The lowest BCUT2D eigenvalue weighted by Gasteiger charge is -2.59. The van der Waals surface area contributed by atoms with Gasteiger partial charge in [-0.15, -0.1) is 0 Å². The number of rotatable bonds is 3. The average molecular weight is 457 g/mol. The van der Waals surface area contributed by atoms with Crippen molar-refractivity contribution in [2.24, 2.45) is 40.4 Å². The summed E-state index contributed by atoms with van der Waals surface area (Å²) < 4.78 is 12.5. The summed E-state index contributed by atoms with van der Waals surface area (Å²) in [6, 6.07) is 0. The number of aliphatic hydroxyl groups is 1. The van der Waals surface area contributed by atoms with Crippen LogP contribution in [0.1, 0.15) is 98.8 Å². The largest absolute Gasteiger partial charge is 0.458 e. The van der Waals surface area contributed by atoms with Gasteiger partial charge in [-0.1, -0.05) is 33.3 Å². The van der Waals surface area contributed by atoms with E-state index >= 15 is 0 Å². The summed E-state index contributed by atoms with van der Waals surface area (Å²) in [5.41, 5.74) is 2.70. The number of epoxide rings is 1. The SMILES string of the molecule is CCC1=C(C)C(=O)O[C@@H]([C@@H](C)[C@H]2CC[C@H]3[C@@H]4C[C@@H]5O[C@@]56C[C@@H](O)CC[C@]6(C)[C@H]4CC[C@]23C)C1. The van der Waals surface area contributed by atoms with Gasteiger partial charge in [-0.2, -0.15) is 0 Å². The van der Waals surface area contributed by atoms with Crippen LogP contribution in [-0.2, 0) is 14.3 Å². The third kappa shape index (κ3) is 2.92. The van der Waals surface area contributed by atoms with Gasteiger partial charge >= 0.3 is 5.97 Å². The quantitative estimate of drug-likeness (QED) is 0.430. The maximum atomic E-state index is 12.6. The molecule has 1 saturated heterocycles. The summed E-state index contributed by atoms with van der Waals surface area (Å²) in [6.45, 7) is 11.6. The van der Waals surface area contributed by atoms with E-state index in [2.05, 4.69) is 27.7 Å². The summed E-state index contributed by atoms with van der Waals surface area (Å²) in [5, 5.41) is 10.4. The number of hydrogen-bond acceptors (Lipinski definition) is 4. The molecule has 2 aliphatic heterocycles. The molecule has 0 aromatic carbocycles. The molecule has 0 amide bonds. The fraction of sp³-hybridized carbons (Fsp3) is 0.897. The Morgan fingerprint density at radius 2 is 1.91 bits per heavy atom. The number of carbonyl (C=O) groups is 1. The minimum absolute atomic E-state index is 0.0259. The lowest BCUT2D eigenvalue weighted by Crippen LogP contribution is -2.58. The van der Waals surface area contributed by atoms with E-state index < -0.39 is 0 Å². The average Bonchev–Trinajstić information content (AvgIpc) is 3.36. The minimum Gasteiger partial charge on any atom is -0.458 e. The molecule has 4 heteroatoms. The Morgan fingerprint density at radius 3 is 2.67 bits per heavy atom. The molecule has 1 N–H and O–H groups in total. The van der Waals surface area contributed by atoms with Crippen LogP contribution < -0.4 is 0 Å². The number of fused-ring (bicyclic) bond motifs is 4. The molecule has 0 radical (unpaired) electrons. The van der Waals surface area contributed by atoms with E-state index in [4.69, 9.17) is 9.47 Å². The van der Waals surface area contributed by atoms with E-state index in [1.165, 1.54) is 37.7 Å². The van der Waals surface area contributed by atoms with E-state index in [-0.39, 0.29) is 29.2 Å². The molecule has 6 rings (SSSR count). The zero-order valence-electron chi connectivity index (χ0n) is 21.4. The standard InChI is InChI=1S/C29H44O4/c1-6-18-13-24(32-26(31)16(18)2)17(3)21-7-8-22-20-14-25-29(33-25)15-19(30)9-12-28(29,5)23(20)10-11-27(21,22)4/h17,19-25,30H,6-15H2,1-5H3/t17-,19-,20-,21+,22-,23-,24+,25-,27+,28+,29-/m0/s1. The Hall–Kier alpha value is -0.870. The van der Waals surface area contributed by atoms with Crippen LogP contribution in [0, 0.1) is 40.4 Å². The first-order chi connectivity index (χ1) is 15.6. The smallest absolute Gasteiger partial charge is 0.333 e. The van der Waals surface area contributed by atoms with Gasteiger partial charge in [-0.25, -0.2) is 4.79 Å². The van der Waals surface area contributed by atoms with Crippen molar-refractivity contribution in [3.8, 4) is 0 Å². The first-order valence-corrected chi connectivity index (χ1v) is 13.9. The van der Waals surface area contributed by atoms with E-state index in [0.29, 0.717) is 23.4 Å². The van der Waals surface area contributed by atoms with E-state index in [0.717, 1.165) is 55.4 Å². The van der Waals surface area contributed by atoms with Crippen molar-refractivity contribution in [1.82, 2.24) is 0 Å². The fourth-order valence-corrected chi connectivity index (χ4v) is 10.3. The van der Waals surface area contributed by atoms with Crippen molar-refractivity contribution < 1.29 is 19.4 Å². The lowest BCUT2D eigenvalue weighted by molar-refractivity contribution is -0.152. The molecule has 6 aliphatic rings. The Bertz CT molecular complexity index is 879. The molecule has 4 aliphatic carbocycles. The van der Waals surface area contributed by atoms with Gasteiger partial charge in [-0.3, -0.25) is 0 Å². The van der Waals surface area contributed by atoms with E-state index in [1.807, 2.05) is 6.92 Å². The van der Waals surface area contributed by atoms with Crippen LogP contribution >= 0.6 is 0 Å². The highest BCUT2D eigenvalue weighted by Gasteiger charge is 2.76. The van der Waals surface area contributed by atoms with Gasteiger partial charge in [0.25, 0.3) is 0 Å². The zero-order chi connectivity index (χ0) is 23.3. The summed E-state index contributed by atoms with van der Waals surface area (Å²) in [6.07, 6.45) is 11.4. The van der Waals surface area contributed by atoms with Crippen molar-refractivity contribution >= 4 is 5.97 Å². The summed E-state index contributed by atoms with van der Waals surface area (Å²) in [4.78, 5) is 12.6. The Morgan fingerprint density at radius 1 is 1.12 bits per heavy atom. The van der Waals surface area contributed by atoms with Crippen molar-refractivity contribution in [1.29, 1.82) is 0 Å². The predicted molar refractivity (Wildman–Crippen MR) is 127 cm³/mol. The topological polar surface area (TPSA) is 59.1 Å². The number of carbonyl (C=O) groups excluding carboxylic acids is 1. The second kappa shape index (κ2) is 7.32. The maximum absolute atomic E-state index is 12.6. The van der Waals surface area contributed by atoms with Crippen LogP contribution in [0.5, 0.6) is 0 Å². The first kappa shape index (κ1) is 22.6. The minimum atomic E-state index is -0.172. The molecule has 184 valence electrons. The molecule has 33 heavy (non-hydrogen) atoms. The Kier molecular flexibility index (Phi) is 5.01. The summed E-state index contributed by atoms with van der Waals surface area (Å²) in [5.74, 6) is 3.21. The van der Waals surface area contributed by atoms with E-state index in [9.17, 15) is 9.90 Å². The Balaban J connectivity index is 1.24. The van der Waals surface area contributed by atoms with Crippen molar-refractivity contribution in [3.63, 3.8) is 0 Å². The van der Waals surface area contributed by atoms with Gasteiger partial charge in [0.15, 0.2) is 0 Å². The van der Waals surface area contributed by atoms with Crippen molar-refractivity contribution in [2.45, 2.75) is 123 Å². The van der Waals surface area contributed by atoms with Crippen LogP contribution in [0.4, 0.5) is 0 Å². The van der Waals surface area contributed by atoms with Gasteiger partial charge in [0, 0.05) is 23.8 Å². The normalized spacial score (nSPS) is 54.0. The van der Waals surface area contributed by atoms with Crippen LogP contribution in [-0.4, -0.2) is 35.0 Å². The molecule has 11 atom stereocenters. The lowest BCUT2D eigenvalue weighted by atomic mass is 9.44. The zero-order valence-corrected chi connectivity index (χ0v) is 21.4. The molecule has 2 heterocycles. The third-order valence-electron chi connectivity index (χ3n) is 12.3. The summed E-state index contributed by atoms with van der Waals surface area (Å²) in [7, 11) is 0. The van der Waals surface area contributed by atoms with Crippen LogP contribution in [0.3, 0.4) is 0 Å². The van der Waals surface area contributed by atoms with Crippen LogP contribution in [0.15, 0.2) is 11.1 Å². The highest BCUT2D eigenvalue weighted by Crippen LogP contribution is 2.74. The molecule has 0 bridgehead atoms. The van der Waals surface area contributed by atoms with E-state index in [1.54, 1.807) is 0 Å². The highest BCUT2D eigenvalue weighted by atomic mass is 16.6. The number of ether oxygens (including phenoxy) is 2. The third-order valence-corrected chi connectivity index (χ3v) is 12.3. The molecular formula is C29H44O4. The molecule has 0 aromatic rings. The van der Waals surface area contributed by atoms with Crippen molar-refractivity contribution in [2.75, 3.05) is 0 Å². The molecule has 4 nitrogen and oxygen atoms in total. The van der Waals surface area contributed by atoms with Gasteiger partial charge in [-0.05, 0) is 93.3 Å². The van der Waals surface area contributed by atoms with Crippen molar-refractivity contribution in [3.05, 3.63) is 11.1 Å². The number of aliphatic hydroxyl groups excluding tert-OH is 1. The van der Waals surface area contributed by atoms with Gasteiger partial charge in [0.2, 0.25) is 0 Å². The fourth-order valence-electron chi connectivity index (χ4n) is 10.3. The second-order valence-corrected chi connectivity index (χ2v) is 13.2. The van der Waals surface area contributed by atoms with Crippen LogP contribution in [0.2, 0.25) is 0 Å². The molecule has 4 saturated carbocycles. The molecule has 1 spiro atoms. The molecule has 0 aromatic heterocycles. The molecule has 0 unspecified atom stereocenters. The maximum Gasteiger partial charge on any atom is 0.333 e. The number of esters is 1. The number of hydrogen-bond donors (Lipinski definition) is 1. The van der Waals surface area contributed by atoms with Gasteiger partial charge in [0.05, 0.1) is 12.2 Å². The van der Waals surface area contributed by atoms with Gasteiger partial charge in [0.1, 0.15) is 11.7 Å². The summed E-state index contributed by atoms with van der Waals surface area (Å²) >= 11 is 0.